The fraction of sp³-hybridized carbons (Fsp3) is 0.485. The van der Waals surface area contributed by atoms with Crippen LogP contribution in [-0.2, 0) is 20.7 Å². The highest BCUT2D eigenvalue weighted by molar-refractivity contribution is 5.93. The summed E-state index contributed by atoms with van der Waals surface area (Å²) in [7, 11) is 0. The molecule has 214 valence electrons. The van der Waals surface area contributed by atoms with Gasteiger partial charge in [0.1, 0.15) is 17.7 Å². The van der Waals surface area contributed by atoms with E-state index in [2.05, 4.69) is 30.4 Å². The fourth-order valence-electron chi connectivity index (χ4n) is 4.82. The van der Waals surface area contributed by atoms with Crippen LogP contribution in [0.5, 0.6) is 0 Å². The second-order valence-electron chi connectivity index (χ2n) is 11.5. The van der Waals surface area contributed by atoms with Gasteiger partial charge in [0.15, 0.2) is 0 Å². The molecule has 0 spiro atoms. The molecule has 3 rings (SSSR count). The number of ether oxygens (including phenoxy) is 1. The molecule has 0 aliphatic heterocycles. The van der Waals surface area contributed by atoms with Crippen molar-refractivity contribution < 1.29 is 19.1 Å². The lowest BCUT2D eigenvalue weighted by Gasteiger charge is -2.35. The van der Waals surface area contributed by atoms with Crippen LogP contribution in [0.15, 0.2) is 54.6 Å². The predicted octanol–water partition coefficient (Wildman–Crippen LogP) is 5.39. The molecule has 7 nitrogen and oxygen atoms in total. The maximum absolute atomic E-state index is 14.5. The Morgan fingerprint density at radius 1 is 1.07 bits per heavy atom. The Hall–Kier alpha value is -3.79. The summed E-state index contributed by atoms with van der Waals surface area (Å²) in [6, 6.07) is 14.7. The van der Waals surface area contributed by atoms with Crippen molar-refractivity contribution in [3.63, 3.8) is 0 Å². The molecule has 40 heavy (non-hydrogen) atoms. The largest absolute Gasteiger partial charge is 0.444 e. The minimum absolute atomic E-state index is 0.163. The van der Waals surface area contributed by atoms with Gasteiger partial charge in [-0.2, -0.15) is 0 Å². The molecule has 0 aromatic heterocycles. The van der Waals surface area contributed by atoms with E-state index < -0.39 is 23.8 Å². The summed E-state index contributed by atoms with van der Waals surface area (Å²) < 4.78 is 5.51. The normalized spacial score (nSPS) is 17.6. The molecule has 1 aliphatic carbocycles. The van der Waals surface area contributed by atoms with E-state index in [1.165, 1.54) is 0 Å². The van der Waals surface area contributed by atoms with Crippen LogP contribution in [0.2, 0.25) is 0 Å². The predicted molar refractivity (Wildman–Crippen MR) is 157 cm³/mol. The van der Waals surface area contributed by atoms with Gasteiger partial charge in [0.05, 0.1) is 0 Å². The van der Waals surface area contributed by atoms with E-state index >= 15 is 0 Å². The van der Waals surface area contributed by atoms with Crippen LogP contribution in [-0.4, -0.2) is 47.0 Å². The number of nitrogens with zero attached hydrogens (tertiary/aromatic N) is 1. The number of hydrogen-bond acceptors (Lipinski definition) is 4. The first-order chi connectivity index (χ1) is 19.1. The highest BCUT2D eigenvalue weighted by Crippen LogP contribution is 2.41. The lowest BCUT2D eigenvalue weighted by molar-refractivity contribution is -0.143. The first-order valence-electron chi connectivity index (χ1n) is 14.2. The molecule has 2 N–H and O–H groups in total. The van der Waals surface area contributed by atoms with Gasteiger partial charge >= 0.3 is 6.09 Å². The molecule has 2 aromatic rings. The molecule has 0 saturated heterocycles. The summed E-state index contributed by atoms with van der Waals surface area (Å²) in [4.78, 5) is 42.9. The van der Waals surface area contributed by atoms with Gasteiger partial charge in [0, 0.05) is 24.6 Å². The van der Waals surface area contributed by atoms with Gasteiger partial charge in [-0.25, -0.2) is 4.79 Å². The molecule has 0 radical (unpaired) electrons. The van der Waals surface area contributed by atoms with Crippen molar-refractivity contribution in [2.75, 3.05) is 6.54 Å². The molecule has 4 unspecified atom stereocenters. The van der Waals surface area contributed by atoms with Crippen LogP contribution in [0, 0.1) is 18.3 Å². The van der Waals surface area contributed by atoms with Crippen LogP contribution < -0.4 is 10.6 Å². The van der Waals surface area contributed by atoms with Crippen LogP contribution in [0.1, 0.15) is 83.0 Å². The second-order valence-corrected chi connectivity index (χ2v) is 11.5. The van der Waals surface area contributed by atoms with Gasteiger partial charge < -0.3 is 20.3 Å². The van der Waals surface area contributed by atoms with E-state index in [-0.39, 0.29) is 30.2 Å². The molecule has 0 bridgehead atoms. The van der Waals surface area contributed by atoms with Gasteiger partial charge in [0.2, 0.25) is 11.8 Å². The lowest BCUT2D eigenvalue weighted by atomic mass is 9.96. The molecule has 0 heterocycles. The van der Waals surface area contributed by atoms with Gasteiger partial charge in [-0.3, -0.25) is 9.59 Å². The van der Waals surface area contributed by atoms with Gasteiger partial charge in [-0.05, 0) is 56.7 Å². The molecule has 1 saturated carbocycles. The van der Waals surface area contributed by atoms with E-state index in [1.807, 2.05) is 48.5 Å². The number of amides is 3. The maximum atomic E-state index is 14.5. The monoisotopic (exact) mass is 545 g/mol. The van der Waals surface area contributed by atoms with Gasteiger partial charge in [-0.15, -0.1) is 6.42 Å². The minimum atomic E-state index is -0.946. The number of benzene rings is 2. The smallest absolute Gasteiger partial charge is 0.408 e. The zero-order valence-corrected chi connectivity index (χ0v) is 24.4. The minimum Gasteiger partial charge on any atom is -0.444 e. The highest BCUT2D eigenvalue weighted by Gasteiger charge is 2.48. The van der Waals surface area contributed by atoms with E-state index in [0.717, 1.165) is 31.2 Å². The Bertz CT molecular complexity index is 1200. The first-order valence-corrected chi connectivity index (χ1v) is 14.2. The average molecular weight is 546 g/mol. The highest BCUT2D eigenvalue weighted by atomic mass is 16.6. The molecule has 4 atom stereocenters. The van der Waals surface area contributed by atoms with E-state index in [9.17, 15) is 14.4 Å². The summed E-state index contributed by atoms with van der Waals surface area (Å²) in [6.07, 6.45) is 9.04. The number of carbonyl (C=O) groups is 3. The van der Waals surface area contributed by atoms with Crippen molar-refractivity contribution in [1.29, 1.82) is 0 Å². The van der Waals surface area contributed by atoms with Crippen LogP contribution >= 0.6 is 0 Å². The van der Waals surface area contributed by atoms with Crippen molar-refractivity contribution in [1.82, 2.24) is 15.5 Å². The molecule has 7 heteroatoms. The Morgan fingerprint density at radius 3 is 2.33 bits per heavy atom. The molecular weight excluding hydrogens is 502 g/mol. The zero-order chi connectivity index (χ0) is 29.3. The van der Waals surface area contributed by atoms with Crippen LogP contribution in [0.3, 0.4) is 0 Å². The molecule has 1 aliphatic rings. The van der Waals surface area contributed by atoms with E-state index in [1.54, 1.807) is 31.7 Å². The second kappa shape index (κ2) is 14.0. The number of carbonyl (C=O) groups excluding carboxylic acids is 3. The van der Waals surface area contributed by atoms with Crippen molar-refractivity contribution in [3.05, 3.63) is 71.3 Å². The number of alkyl carbamates (subject to hydrolysis) is 1. The maximum Gasteiger partial charge on any atom is 0.408 e. The first kappa shape index (κ1) is 30.7. The summed E-state index contributed by atoms with van der Waals surface area (Å²) >= 11 is 0. The third-order valence-corrected chi connectivity index (χ3v) is 6.97. The molecule has 2 aromatic carbocycles. The molecule has 3 amide bonds. The van der Waals surface area contributed by atoms with Gasteiger partial charge in [0.25, 0.3) is 0 Å². The Balaban J connectivity index is 2.03. The number of terminal acetylenes is 1. The third-order valence-electron chi connectivity index (χ3n) is 6.97. The number of nitrogens with one attached hydrogen (secondary N) is 2. The van der Waals surface area contributed by atoms with Crippen molar-refractivity contribution in [3.8, 4) is 12.3 Å². The van der Waals surface area contributed by atoms with E-state index in [4.69, 9.17) is 11.2 Å². The summed E-state index contributed by atoms with van der Waals surface area (Å²) in [5.74, 6) is 2.28. The Kier molecular flexibility index (Phi) is 10.8. The summed E-state index contributed by atoms with van der Waals surface area (Å²) in [5.41, 5.74) is 1.30. The third kappa shape index (κ3) is 8.61. The fourth-order valence-corrected chi connectivity index (χ4v) is 4.82. The lowest BCUT2D eigenvalue weighted by Crippen LogP contribution is -2.55. The van der Waals surface area contributed by atoms with E-state index in [0.29, 0.717) is 17.7 Å². The zero-order valence-electron chi connectivity index (χ0n) is 24.4. The summed E-state index contributed by atoms with van der Waals surface area (Å²) in [6.45, 7) is 9.99. The summed E-state index contributed by atoms with van der Waals surface area (Å²) in [5, 5.41) is 5.86. The van der Waals surface area contributed by atoms with Crippen molar-refractivity contribution >= 4 is 17.9 Å². The topological polar surface area (TPSA) is 87.7 Å². The van der Waals surface area contributed by atoms with Crippen molar-refractivity contribution in [2.24, 2.45) is 5.92 Å². The quantitative estimate of drug-likeness (QED) is 0.277. The van der Waals surface area contributed by atoms with Crippen LogP contribution in [0.25, 0.3) is 0 Å². The SMILES string of the molecule is C#Cc1ccccc1C(C(=O)NCCCCC)N(C(=O)C(Cc1ccccc1)NC(=O)OC(C)(C)C)C1CC1C. The van der Waals surface area contributed by atoms with Crippen molar-refractivity contribution in [2.45, 2.75) is 90.4 Å². The van der Waals surface area contributed by atoms with Gasteiger partial charge in [-0.1, -0.05) is 81.1 Å². The number of hydrogen-bond donors (Lipinski definition) is 2. The molecule has 1 fully saturated rings. The molecular formula is C33H43N3O4. The standard InChI is InChI=1S/C33H43N3O4/c1-7-9-15-20-34-30(37)29(26-19-14-13-18-25(26)8-2)36(28-21-23(28)3)31(38)27(22-24-16-11-10-12-17-24)35-32(39)40-33(4,5)6/h2,10-14,16-19,23,27-29H,7,9,15,20-22H2,1,3-6H3,(H,34,37)(H,35,39). The van der Waals surface area contributed by atoms with Crippen LogP contribution in [0.4, 0.5) is 4.79 Å². The average Bonchev–Trinajstić information content (AvgIpc) is 3.63. The Labute approximate surface area is 239 Å². The number of rotatable bonds is 12. The number of unbranched alkanes of at least 4 members (excludes halogenated alkanes) is 2. The Morgan fingerprint density at radius 2 is 1.73 bits per heavy atom.